The quantitative estimate of drug-likeness (QED) is 0.829. The van der Waals surface area contributed by atoms with Crippen LogP contribution in [0.25, 0.3) is 0 Å². The highest BCUT2D eigenvalue weighted by molar-refractivity contribution is 5.22. The molecule has 0 bridgehead atoms. The fourth-order valence-electron chi connectivity index (χ4n) is 2.39. The van der Waals surface area contributed by atoms with Gasteiger partial charge < -0.3 is 5.32 Å². The molecule has 0 radical (unpaired) electrons. The normalized spacial score (nSPS) is 18.9. The SMILES string of the molecule is CC(NC1CCCC1)c1cccc(F)c1F. The molecule has 2 rings (SSSR count). The molecule has 0 heterocycles. The van der Waals surface area contributed by atoms with E-state index in [2.05, 4.69) is 5.32 Å². The zero-order valence-corrected chi connectivity index (χ0v) is 9.47. The molecule has 1 aromatic rings. The van der Waals surface area contributed by atoms with E-state index in [4.69, 9.17) is 0 Å². The fraction of sp³-hybridized carbons (Fsp3) is 0.538. The monoisotopic (exact) mass is 225 g/mol. The second-order valence-electron chi connectivity index (χ2n) is 4.51. The smallest absolute Gasteiger partial charge is 0.163 e. The molecule has 1 N–H and O–H groups in total. The molecule has 0 saturated heterocycles. The fourth-order valence-corrected chi connectivity index (χ4v) is 2.39. The molecule has 16 heavy (non-hydrogen) atoms. The standard InChI is InChI=1S/C13H17F2N/c1-9(16-10-5-2-3-6-10)11-7-4-8-12(14)13(11)15/h4,7-10,16H,2-3,5-6H2,1H3. The molecule has 1 nitrogen and oxygen atoms in total. The molecule has 1 saturated carbocycles. The molecule has 1 atom stereocenters. The van der Waals surface area contributed by atoms with E-state index in [-0.39, 0.29) is 6.04 Å². The number of rotatable bonds is 3. The van der Waals surface area contributed by atoms with Gasteiger partial charge in [0.25, 0.3) is 0 Å². The van der Waals surface area contributed by atoms with E-state index in [9.17, 15) is 8.78 Å². The van der Waals surface area contributed by atoms with Crippen molar-refractivity contribution >= 4 is 0 Å². The summed E-state index contributed by atoms with van der Waals surface area (Å²) in [5.41, 5.74) is 0.423. The minimum absolute atomic E-state index is 0.126. The van der Waals surface area contributed by atoms with E-state index in [1.54, 1.807) is 12.1 Å². The lowest BCUT2D eigenvalue weighted by Crippen LogP contribution is -2.29. The number of hydrogen-bond donors (Lipinski definition) is 1. The van der Waals surface area contributed by atoms with Gasteiger partial charge >= 0.3 is 0 Å². The van der Waals surface area contributed by atoms with Crippen molar-refractivity contribution in [1.82, 2.24) is 5.32 Å². The molecule has 1 fully saturated rings. The van der Waals surface area contributed by atoms with Gasteiger partial charge in [0.05, 0.1) is 0 Å². The second kappa shape index (κ2) is 4.91. The highest BCUT2D eigenvalue weighted by Gasteiger charge is 2.20. The summed E-state index contributed by atoms with van der Waals surface area (Å²) < 4.78 is 26.6. The molecular formula is C13H17F2N. The molecular weight excluding hydrogens is 208 g/mol. The molecule has 0 amide bonds. The first kappa shape index (κ1) is 11.5. The predicted molar refractivity (Wildman–Crippen MR) is 60.2 cm³/mol. The average molecular weight is 225 g/mol. The van der Waals surface area contributed by atoms with E-state index in [1.165, 1.54) is 12.8 Å². The first-order valence-electron chi connectivity index (χ1n) is 5.88. The first-order valence-corrected chi connectivity index (χ1v) is 5.88. The van der Waals surface area contributed by atoms with E-state index < -0.39 is 11.6 Å². The Morgan fingerprint density at radius 1 is 1.25 bits per heavy atom. The summed E-state index contributed by atoms with van der Waals surface area (Å²) >= 11 is 0. The van der Waals surface area contributed by atoms with Crippen LogP contribution in [0.2, 0.25) is 0 Å². The van der Waals surface area contributed by atoms with Crippen LogP contribution in [-0.2, 0) is 0 Å². The van der Waals surface area contributed by atoms with Gasteiger partial charge in [-0.1, -0.05) is 25.0 Å². The minimum atomic E-state index is -0.766. The Bertz CT molecular complexity index is 359. The minimum Gasteiger partial charge on any atom is -0.307 e. The van der Waals surface area contributed by atoms with Gasteiger partial charge in [0.2, 0.25) is 0 Å². The third-order valence-electron chi connectivity index (χ3n) is 3.29. The van der Waals surface area contributed by atoms with Crippen molar-refractivity contribution in [3.05, 3.63) is 35.4 Å². The van der Waals surface area contributed by atoms with Crippen molar-refractivity contribution < 1.29 is 8.78 Å². The van der Waals surface area contributed by atoms with Gasteiger partial charge in [-0.25, -0.2) is 8.78 Å². The maximum absolute atomic E-state index is 13.5. The summed E-state index contributed by atoms with van der Waals surface area (Å²) in [4.78, 5) is 0. The van der Waals surface area contributed by atoms with Gasteiger partial charge in [-0.2, -0.15) is 0 Å². The predicted octanol–water partition coefficient (Wildman–Crippen LogP) is 3.56. The largest absolute Gasteiger partial charge is 0.307 e. The molecule has 0 aliphatic heterocycles. The summed E-state index contributed by atoms with van der Waals surface area (Å²) in [6, 6.07) is 4.68. The summed E-state index contributed by atoms with van der Waals surface area (Å²) in [6.45, 7) is 1.89. The Balaban J connectivity index is 2.07. The van der Waals surface area contributed by atoms with Gasteiger partial charge in [0.1, 0.15) is 0 Å². The molecule has 1 aliphatic carbocycles. The van der Waals surface area contributed by atoms with Gasteiger partial charge in [0.15, 0.2) is 11.6 Å². The Labute approximate surface area is 94.9 Å². The summed E-state index contributed by atoms with van der Waals surface area (Å²) in [7, 11) is 0. The van der Waals surface area contributed by atoms with Crippen molar-refractivity contribution in [2.45, 2.75) is 44.7 Å². The number of nitrogens with one attached hydrogen (secondary N) is 1. The third kappa shape index (κ3) is 2.40. The molecule has 1 aliphatic rings. The van der Waals surface area contributed by atoms with Gasteiger partial charge in [0, 0.05) is 17.6 Å². The average Bonchev–Trinajstić information content (AvgIpc) is 2.74. The lowest BCUT2D eigenvalue weighted by Gasteiger charge is -2.20. The lowest BCUT2D eigenvalue weighted by molar-refractivity contribution is 0.432. The molecule has 88 valence electrons. The van der Waals surface area contributed by atoms with Crippen LogP contribution in [0.4, 0.5) is 8.78 Å². The molecule has 3 heteroatoms. The van der Waals surface area contributed by atoms with Crippen molar-refractivity contribution in [2.24, 2.45) is 0 Å². The van der Waals surface area contributed by atoms with Gasteiger partial charge in [-0.05, 0) is 25.8 Å². The highest BCUT2D eigenvalue weighted by atomic mass is 19.2. The maximum atomic E-state index is 13.5. The van der Waals surface area contributed by atoms with Crippen LogP contribution in [-0.4, -0.2) is 6.04 Å². The Morgan fingerprint density at radius 3 is 2.62 bits per heavy atom. The number of benzene rings is 1. The van der Waals surface area contributed by atoms with Crippen LogP contribution in [0.1, 0.15) is 44.2 Å². The van der Waals surface area contributed by atoms with Crippen molar-refractivity contribution in [2.75, 3.05) is 0 Å². The van der Waals surface area contributed by atoms with E-state index >= 15 is 0 Å². The van der Waals surface area contributed by atoms with Crippen LogP contribution in [0.3, 0.4) is 0 Å². The number of halogens is 2. The van der Waals surface area contributed by atoms with Crippen molar-refractivity contribution in [3.8, 4) is 0 Å². The van der Waals surface area contributed by atoms with Crippen LogP contribution < -0.4 is 5.32 Å². The van der Waals surface area contributed by atoms with E-state index in [0.29, 0.717) is 11.6 Å². The zero-order chi connectivity index (χ0) is 11.5. The van der Waals surface area contributed by atoms with Crippen molar-refractivity contribution in [3.63, 3.8) is 0 Å². The van der Waals surface area contributed by atoms with Crippen molar-refractivity contribution in [1.29, 1.82) is 0 Å². The van der Waals surface area contributed by atoms with Crippen LogP contribution in [0, 0.1) is 11.6 Å². The van der Waals surface area contributed by atoms with E-state index in [0.717, 1.165) is 18.9 Å². The maximum Gasteiger partial charge on any atom is 0.163 e. The summed E-state index contributed by atoms with van der Waals surface area (Å²) in [5.74, 6) is -1.49. The zero-order valence-electron chi connectivity index (χ0n) is 9.47. The Morgan fingerprint density at radius 2 is 1.94 bits per heavy atom. The third-order valence-corrected chi connectivity index (χ3v) is 3.29. The first-order chi connectivity index (χ1) is 7.68. The molecule has 0 aromatic heterocycles. The Hall–Kier alpha value is -0.960. The number of hydrogen-bond acceptors (Lipinski definition) is 1. The molecule has 0 spiro atoms. The second-order valence-corrected chi connectivity index (χ2v) is 4.51. The van der Waals surface area contributed by atoms with Crippen LogP contribution in [0.5, 0.6) is 0 Å². The van der Waals surface area contributed by atoms with Crippen LogP contribution in [0.15, 0.2) is 18.2 Å². The topological polar surface area (TPSA) is 12.0 Å². The van der Waals surface area contributed by atoms with Gasteiger partial charge in [-0.3, -0.25) is 0 Å². The summed E-state index contributed by atoms with van der Waals surface area (Å²) in [6.07, 6.45) is 4.74. The molecule has 1 unspecified atom stereocenters. The lowest BCUT2D eigenvalue weighted by atomic mass is 10.1. The highest BCUT2D eigenvalue weighted by Crippen LogP contribution is 2.24. The summed E-state index contributed by atoms with van der Waals surface area (Å²) in [5, 5.41) is 3.36. The van der Waals surface area contributed by atoms with Gasteiger partial charge in [-0.15, -0.1) is 0 Å². The Kier molecular flexibility index (Phi) is 3.54. The molecule has 1 aromatic carbocycles. The van der Waals surface area contributed by atoms with Crippen LogP contribution >= 0.6 is 0 Å². The van der Waals surface area contributed by atoms with E-state index in [1.807, 2.05) is 6.92 Å².